The van der Waals surface area contributed by atoms with Crippen LogP contribution >= 0.6 is 15.9 Å². The van der Waals surface area contributed by atoms with Gasteiger partial charge in [0.05, 0.1) is 0 Å². The Morgan fingerprint density at radius 2 is 1.80 bits per heavy atom. The summed E-state index contributed by atoms with van der Waals surface area (Å²) in [6, 6.07) is 19.2. The van der Waals surface area contributed by atoms with Gasteiger partial charge in [0.25, 0.3) is 0 Å². The van der Waals surface area contributed by atoms with E-state index in [0.29, 0.717) is 12.4 Å². The van der Waals surface area contributed by atoms with E-state index in [9.17, 15) is 5.11 Å². The van der Waals surface area contributed by atoms with Crippen LogP contribution in [0.5, 0.6) is 11.5 Å². The number of rotatable bonds is 3. The lowest BCUT2D eigenvalue weighted by Gasteiger charge is -2.10. The number of ether oxygens (including phenoxy) is 1. The zero-order chi connectivity index (χ0) is 13.9. The largest absolute Gasteiger partial charge is 0.508 e. The van der Waals surface area contributed by atoms with Crippen molar-refractivity contribution in [2.75, 3.05) is 0 Å². The second-order valence-corrected chi connectivity index (χ2v) is 5.34. The van der Waals surface area contributed by atoms with E-state index in [1.807, 2.05) is 18.2 Å². The highest BCUT2D eigenvalue weighted by Gasteiger charge is 2.05. The number of aromatic hydroxyl groups is 1. The SMILES string of the molecule is Oc1cccc(OCc2ccc3ccccc3c2Br)c1. The molecule has 3 aromatic rings. The molecule has 100 valence electrons. The molecule has 0 unspecified atom stereocenters. The first-order valence-corrected chi connectivity index (χ1v) is 7.11. The molecule has 0 aliphatic heterocycles. The maximum Gasteiger partial charge on any atom is 0.123 e. The average Bonchev–Trinajstić information content (AvgIpc) is 2.47. The number of benzene rings is 3. The molecule has 0 heterocycles. The minimum absolute atomic E-state index is 0.208. The van der Waals surface area contributed by atoms with E-state index in [-0.39, 0.29) is 5.75 Å². The Hall–Kier alpha value is -2.00. The average molecular weight is 329 g/mol. The summed E-state index contributed by atoms with van der Waals surface area (Å²) in [5, 5.41) is 11.8. The van der Waals surface area contributed by atoms with Gasteiger partial charge in [0.2, 0.25) is 0 Å². The van der Waals surface area contributed by atoms with Crippen LogP contribution in [0.4, 0.5) is 0 Å². The summed E-state index contributed by atoms with van der Waals surface area (Å²) in [4.78, 5) is 0. The van der Waals surface area contributed by atoms with Gasteiger partial charge in [0.15, 0.2) is 0 Å². The van der Waals surface area contributed by atoms with Gasteiger partial charge in [-0.2, -0.15) is 0 Å². The third-order valence-electron chi connectivity index (χ3n) is 3.16. The van der Waals surface area contributed by atoms with Crippen LogP contribution in [-0.2, 0) is 6.61 Å². The lowest BCUT2D eigenvalue weighted by molar-refractivity contribution is 0.304. The number of phenols is 1. The molecule has 20 heavy (non-hydrogen) atoms. The topological polar surface area (TPSA) is 29.5 Å². The zero-order valence-electron chi connectivity index (χ0n) is 10.7. The van der Waals surface area contributed by atoms with E-state index in [1.165, 1.54) is 10.8 Å². The van der Waals surface area contributed by atoms with Crippen molar-refractivity contribution in [1.82, 2.24) is 0 Å². The first kappa shape index (κ1) is 13.0. The van der Waals surface area contributed by atoms with Gasteiger partial charge in [-0.3, -0.25) is 0 Å². The number of halogens is 1. The van der Waals surface area contributed by atoms with Crippen molar-refractivity contribution in [3.63, 3.8) is 0 Å². The molecule has 0 aliphatic rings. The van der Waals surface area contributed by atoms with Gasteiger partial charge in [0.1, 0.15) is 18.1 Å². The first-order chi connectivity index (χ1) is 9.74. The van der Waals surface area contributed by atoms with Crippen LogP contribution < -0.4 is 4.74 Å². The fourth-order valence-corrected chi connectivity index (χ4v) is 2.73. The standard InChI is InChI=1S/C17H13BrO2/c18-17-13(9-8-12-4-1-2-7-16(12)17)11-20-15-6-3-5-14(19)10-15/h1-10,19H,11H2. The Morgan fingerprint density at radius 3 is 2.65 bits per heavy atom. The zero-order valence-corrected chi connectivity index (χ0v) is 12.3. The van der Waals surface area contributed by atoms with Gasteiger partial charge in [-0.1, -0.05) is 42.5 Å². The van der Waals surface area contributed by atoms with E-state index in [4.69, 9.17) is 4.74 Å². The number of fused-ring (bicyclic) bond motifs is 1. The molecule has 1 N–H and O–H groups in total. The third kappa shape index (κ3) is 2.63. The summed E-state index contributed by atoms with van der Waals surface area (Å²) in [6.07, 6.45) is 0. The number of hydrogen-bond donors (Lipinski definition) is 1. The molecule has 0 spiro atoms. The molecule has 2 nitrogen and oxygen atoms in total. The van der Waals surface area contributed by atoms with Crippen LogP contribution in [-0.4, -0.2) is 5.11 Å². The summed E-state index contributed by atoms with van der Waals surface area (Å²) in [5.41, 5.74) is 1.08. The van der Waals surface area contributed by atoms with E-state index in [0.717, 1.165) is 10.0 Å². The van der Waals surface area contributed by atoms with Crippen molar-refractivity contribution in [2.45, 2.75) is 6.61 Å². The van der Waals surface area contributed by atoms with Crippen LogP contribution in [0.1, 0.15) is 5.56 Å². The highest BCUT2D eigenvalue weighted by atomic mass is 79.9. The van der Waals surface area contributed by atoms with Gasteiger partial charge in [-0.05, 0) is 38.8 Å². The van der Waals surface area contributed by atoms with E-state index in [1.54, 1.807) is 18.2 Å². The molecule has 3 heteroatoms. The van der Waals surface area contributed by atoms with Gasteiger partial charge >= 0.3 is 0 Å². The highest BCUT2D eigenvalue weighted by Crippen LogP contribution is 2.29. The molecular formula is C17H13BrO2. The summed E-state index contributed by atoms with van der Waals surface area (Å²) in [7, 11) is 0. The Kier molecular flexibility index (Phi) is 3.61. The Bertz CT molecular complexity index is 753. The predicted molar refractivity (Wildman–Crippen MR) is 84.1 cm³/mol. The monoisotopic (exact) mass is 328 g/mol. The minimum atomic E-state index is 0.208. The fourth-order valence-electron chi connectivity index (χ4n) is 2.12. The van der Waals surface area contributed by atoms with Crippen LogP contribution in [0, 0.1) is 0 Å². The molecule has 0 bridgehead atoms. The van der Waals surface area contributed by atoms with E-state index >= 15 is 0 Å². The smallest absolute Gasteiger partial charge is 0.123 e. The molecular weight excluding hydrogens is 316 g/mol. The normalized spacial score (nSPS) is 10.7. The van der Waals surface area contributed by atoms with Crippen molar-refractivity contribution >= 4 is 26.7 Å². The van der Waals surface area contributed by atoms with Gasteiger partial charge in [-0.25, -0.2) is 0 Å². The molecule has 0 aliphatic carbocycles. The molecule has 0 amide bonds. The van der Waals surface area contributed by atoms with Gasteiger partial charge in [0, 0.05) is 16.1 Å². The van der Waals surface area contributed by atoms with Crippen LogP contribution in [0.3, 0.4) is 0 Å². The van der Waals surface area contributed by atoms with Crippen molar-refractivity contribution in [2.24, 2.45) is 0 Å². The Balaban J connectivity index is 1.86. The molecule has 3 rings (SSSR count). The molecule has 0 saturated carbocycles. The summed E-state index contributed by atoms with van der Waals surface area (Å²) < 4.78 is 6.76. The van der Waals surface area contributed by atoms with Crippen LogP contribution in [0.15, 0.2) is 65.1 Å². The van der Waals surface area contributed by atoms with Gasteiger partial charge < -0.3 is 9.84 Å². The molecule has 0 radical (unpaired) electrons. The maximum absolute atomic E-state index is 9.42. The second kappa shape index (κ2) is 5.55. The highest BCUT2D eigenvalue weighted by molar-refractivity contribution is 9.10. The molecule has 0 atom stereocenters. The summed E-state index contributed by atoms with van der Waals surface area (Å²) >= 11 is 3.64. The fraction of sp³-hybridized carbons (Fsp3) is 0.0588. The predicted octanol–water partition coefficient (Wildman–Crippen LogP) is 4.89. The van der Waals surface area contributed by atoms with Gasteiger partial charge in [-0.15, -0.1) is 0 Å². The van der Waals surface area contributed by atoms with Crippen molar-refractivity contribution in [3.8, 4) is 11.5 Å². The lowest BCUT2D eigenvalue weighted by atomic mass is 10.1. The summed E-state index contributed by atoms with van der Waals surface area (Å²) in [5.74, 6) is 0.866. The van der Waals surface area contributed by atoms with Crippen molar-refractivity contribution in [3.05, 3.63) is 70.7 Å². The maximum atomic E-state index is 9.42. The first-order valence-electron chi connectivity index (χ1n) is 6.32. The van der Waals surface area contributed by atoms with Crippen LogP contribution in [0.25, 0.3) is 10.8 Å². The van der Waals surface area contributed by atoms with Crippen LogP contribution in [0.2, 0.25) is 0 Å². The number of phenolic OH excluding ortho intramolecular Hbond substituents is 1. The van der Waals surface area contributed by atoms with E-state index in [2.05, 4.69) is 40.2 Å². The van der Waals surface area contributed by atoms with Crippen molar-refractivity contribution < 1.29 is 9.84 Å². The molecule has 0 fully saturated rings. The second-order valence-electron chi connectivity index (χ2n) is 4.55. The lowest BCUT2D eigenvalue weighted by Crippen LogP contribution is -1.96. The third-order valence-corrected chi connectivity index (χ3v) is 4.09. The van der Waals surface area contributed by atoms with E-state index < -0.39 is 0 Å². The molecule has 3 aromatic carbocycles. The van der Waals surface area contributed by atoms with Crippen molar-refractivity contribution in [1.29, 1.82) is 0 Å². The molecule has 0 aromatic heterocycles. The Morgan fingerprint density at radius 1 is 0.950 bits per heavy atom. The molecule has 0 saturated heterocycles. The Labute approximate surface area is 125 Å². The minimum Gasteiger partial charge on any atom is -0.508 e. The quantitative estimate of drug-likeness (QED) is 0.741. The summed E-state index contributed by atoms with van der Waals surface area (Å²) in [6.45, 7) is 0.453. The number of hydrogen-bond acceptors (Lipinski definition) is 2.